The molecule has 0 saturated carbocycles. The van der Waals surface area contributed by atoms with Crippen molar-refractivity contribution in [1.82, 2.24) is 0 Å². The molecule has 0 saturated heterocycles. The van der Waals surface area contributed by atoms with Gasteiger partial charge in [-0.15, -0.1) is 0 Å². The summed E-state index contributed by atoms with van der Waals surface area (Å²) >= 11 is 0. The van der Waals surface area contributed by atoms with Crippen LogP contribution in [0.4, 0.5) is 0 Å². The minimum Gasteiger partial charge on any atom is -0.870 e. The Balaban J connectivity index is -0.000000405. The molecule has 68 valence electrons. The minimum absolute atomic E-state index is 0. The van der Waals surface area contributed by atoms with E-state index in [2.05, 4.69) is 0 Å². The molecule has 0 aliphatic carbocycles. The van der Waals surface area contributed by atoms with Crippen LogP contribution in [0.5, 0.6) is 0 Å². The summed E-state index contributed by atoms with van der Waals surface area (Å²) < 4.78 is 0. The van der Waals surface area contributed by atoms with Gasteiger partial charge in [0.25, 0.3) is 0 Å². The maximum absolute atomic E-state index is 10.1. The largest absolute Gasteiger partial charge is 1.00 e. The molecule has 6 N–H and O–H groups in total. The van der Waals surface area contributed by atoms with Gasteiger partial charge in [0, 0.05) is 0 Å². The van der Waals surface area contributed by atoms with Crippen molar-refractivity contribution in [1.29, 1.82) is 0 Å². The fourth-order valence-corrected chi connectivity index (χ4v) is 0.632. The first-order chi connectivity index (χ1) is 4.68. The first kappa shape index (κ1) is 18.2. The summed E-state index contributed by atoms with van der Waals surface area (Å²) in [4.78, 5) is 10.1. The SMILES string of the molecule is NCCCCC(N)C(=O)O.[Na+].[OH-]. The summed E-state index contributed by atoms with van der Waals surface area (Å²) in [6.45, 7) is 0.604. The van der Waals surface area contributed by atoms with Gasteiger partial charge in [0.1, 0.15) is 6.04 Å². The molecule has 0 amide bonds. The monoisotopic (exact) mass is 186 g/mol. The van der Waals surface area contributed by atoms with Gasteiger partial charge < -0.3 is 22.1 Å². The Labute approximate surface area is 94.1 Å². The van der Waals surface area contributed by atoms with Crippen LogP contribution in [0.15, 0.2) is 0 Å². The van der Waals surface area contributed by atoms with Crippen LogP contribution in [0.25, 0.3) is 0 Å². The first-order valence-corrected chi connectivity index (χ1v) is 3.37. The van der Waals surface area contributed by atoms with Gasteiger partial charge in [-0.2, -0.15) is 0 Å². The van der Waals surface area contributed by atoms with Gasteiger partial charge in [-0.05, 0) is 19.4 Å². The van der Waals surface area contributed by atoms with Gasteiger partial charge in [0.05, 0.1) is 0 Å². The average molecular weight is 186 g/mol. The summed E-state index contributed by atoms with van der Waals surface area (Å²) in [5.41, 5.74) is 10.4. The van der Waals surface area contributed by atoms with Crippen LogP contribution in [-0.2, 0) is 4.79 Å². The predicted octanol–water partition coefficient (Wildman–Crippen LogP) is -3.65. The van der Waals surface area contributed by atoms with E-state index in [4.69, 9.17) is 16.6 Å². The van der Waals surface area contributed by atoms with E-state index in [1.807, 2.05) is 0 Å². The molecule has 0 aromatic rings. The summed E-state index contributed by atoms with van der Waals surface area (Å²) in [6, 6.07) is -0.716. The first-order valence-electron chi connectivity index (χ1n) is 3.37. The van der Waals surface area contributed by atoms with Crippen molar-refractivity contribution in [3.63, 3.8) is 0 Å². The molecule has 5 nitrogen and oxygen atoms in total. The van der Waals surface area contributed by atoms with Gasteiger partial charge >= 0.3 is 35.5 Å². The van der Waals surface area contributed by atoms with E-state index in [0.29, 0.717) is 13.0 Å². The van der Waals surface area contributed by atoms with Crippen LogP contribution in [0.2, 0.25) is 0 Å². The fraction of sp³-hybridized carbons (Fsp3) is 0.833. The zero-order valence-electron chi connectivity index (χ0n) is 7.36. The predicted molar refractivity (Wildman–Crippen MR) is 40.5 cm³/mol. The molecule has 0 aromatic heterocycles. The van der Waals surface area contributed by atoms with Crippen LogP contribution in [0, 0.1) is 0 Å². The quantitative estimate of drug-likeness (QED) is 0.302. The van der Waals surface area contributed by atoms with Crippen molar-refractivity contribution in [2.24, 2.45) is 11.5 Å². The molecule has 0 aliphatic rings. The Morgan fingerprint density at radius 1 is 1.42 bits per heavy atom. The van der Waals surface area contributed by atoms with Crippen LogP contribution < -0.4 is 41.0 Å². The van der Waals surface area contributed by atoms with Crippen LogP contribution in [-0.4, -0.2) is 29.1 Å². The third-order valence-electron chi connectivity index (χ3n) is 1.29. The summed E-state index contributed by atoms with van der Waals surface area (Å²) in [7, 11) is 0. The van der Waals surface area contributed by atoms with E-state index in [9.17, 15) is 4.79 Å². The van der Waals surface area contributed by atoms with Crippen molar-refractivity contribution >= 4 is 5.97 Å². The van der Waals surface area contributed by atoms with Gasteiger partial charge in [-0.1, -0.05) is 6.42 Å². The number of rotatable bonds is 5. The van der Waals surface area contributed by atoms with Crippen molar-refractivity contribution in [2.75, 3.05) is 6.54 Å². The molecule has 6 heteroatoms. The molecule has 0 aromatic carbocycles. The number of unbranched alkanes of at least 4 members (excludes halogenated alkanes) is 1. The molecule has 0 spiro atoms. The maximum atomic E-state index is 10.1. The Hall–Kier alpha value is 0.350. The van der Waals surface area contributed by atoms with Crippen molar-refractivity contribution in [3.05, 3.63) is 0 Å². The second-order valence-corrected chi connectivity index (χ2v) is 2.23. The van der Waals surface area contributed by atoms with E-state index < -0.39 is 12.0 Å². The second kappa shape index (κ2) is 11.4. The molecule has 0 bridgehead atoms. The van der Waals surface area contributed by atoms with Gasteiger partial charge in [0.2, 0.25) is 0 Å². The molecule has 1 unspecified atom stereocenters. The Morgan fingerprint density at radius 3 is 2.25 bits per heavy atom. The topological polar surface area (TPSA) is 119 Å². The number of hydrogen-bond acceptors (Lipinski definition) is 4. The summed E-state index contributed by atoms with van der Waals surface area (Å²) in [5, 5.41) is 8.33. The number of nitrogens with two attached hydrogens (primary N) is 2. The zero-order chi connectivity index (χ0) is 7.98. The van der Waals surface area contributed by atoms with Gasteiger partial charge in [-0.25, -0.2) is 0 Å². The smallest absolute Gasteiger partial charge is 0.870 e. The molecule has 12 heavy (non-hydrogen) atoms. The molecular weight excluding hydrogens is 171 g/mol. The standard InChI is InChI=1S/C6H14N2O2.Na.H2O/c7-4-2-1-3-5(8)6(9)10;;/h5H,1-4,7-8H2,(H,9,10);;1H2/q;+1;/p-1. The van der Waals surface area contributed by atoms with Crippen LogP contribution in [0.1, 0.15) is 19.3 Å². The molecular formula is C6H15N2NaO3. The Kier molecular flexibility index (Phi) is 17.2. The van der Waals surface area contributed by atoms with Crippen LogP contribution in [0.3, 0.4) is 0 Å². The number of carbonyl (C=O) groups is 1. The number of aliphatic carboxylic acids is 1. The van der Waals surface area contributed by atoms with E-state index >= 15 is 0 Å². The second-order valence-electron chi connectivity index (χ2n) is 2.23. The van der Waals surface area contributed by atoms with Crippen LogP contribution >= 0.6 is 0 Å². The maximum Gasteiger partial charge on any atom is 1.00 e. The van der Waals surface area contributed by atoms with Crippen molar-refractivity contribution in [2.45, 2.75) is 25.3 Å². The summed E-state index contributed by atoms with van der Waals surface area (Å²) in [5.74, 6) is -0.933. The third-order valence-corrected chi connectivity index (χ3v) is 1.29. The number of hydrogen-bond donors (Lipinski definition) is 3. The van der Waals surface area contributed by atoms with Crippen molar-refractivity contribution in [3.8, 4) is 0 Å². The summed E-state index contributed by atoms with van der Waals surface area (Å²) in [6.07, 6.45) is 2.16. The zero-order valence-corrected chi connectivity index (χ0v) is 9.36. The molecule has 0 radical (unpaired) electrons. The molecule has 1 atom stereocenters. The van der Waals surface area contributed by atoms with Gasteiger partial charge in [0.15, 0.2) is 0 Å². The van der Waals surface area contributed by atoms with E-state index in [0.717, 1.165) is 12.8 Å². The number of carboxylic acid groups (broad SMARTS) is 1. The average Bonchev–Trinajstić information content (AvgIpc) is 1.88. The number of carboxylic acids is 1. The molecule has 0 fully saturated rings. The van der Waals surface area contributed by atoms with Crippen molar-refractivity contribution < 1.29 is 44.9 Å². The molecule has 0 heterocycles. The third kappa shape index (κ3) is 10.3. The van der Waals surface area contributed by atoms with E-state index in [-0.39, 0.29) is 35.0 Å². The minimum atomic E-state index is -0.933. The Morgan fingerprint density at radius 2 is 1.92 bits per heavy atom. The van der Waals surface area contributed by atoms with Gasteiger partial charge in [-0.3, -0.25) is 4.79 Å². The fourth-order valence-electron chi connectivity index (χ4n) is 0.632. The van der Waals surface area contributed by atoms with E-state index in [1.165, 1.54) is 0 Å². The Bertz CT molecular complexity index is 113. The molecule has 0 aliphatic heterocycles. The van der Waals surface area contributed by atoms with E-state index in [1.54, 1.807) is 0 Å². The normalized spacial score (nSPS) is 10.8. The molecule has 0 rings (SSSR count).